The minimum absolute atomic E-state index is 0.104. The summed E-state index contributed by atoms with van der Waals surface area (Å²) in [6.45, 7) is 0.182. The lowest BCUT2D eigenvalue weighted by molar-refractivity contribution is -0.136. The first-order chi connectivity index (χ1) is 10.1. The molecule has 1 aromatic heterocycles. The topological polar surface area (TPSA) is 79.3 Å². The third kappa shape index (κ3) is 4.10. The summed E-state index contributed by atoms with van der Waals surface area (Å²) in [6, 6.07) is 9.39. The van der Waals surface area contributed by atoms with Crippen LogP contribution in [-0.2, 0) is 17.8 Å². The molecule has 0 saturated heterocycles. The van der Waals surface area contributed by atoms with E-state index in [-0.39, 0.29) is 18.7 Å². The number of rotatable bonds is 5. The van der Waals surface area contributed by atoms with E-state index in [9.17, 15) is 14.0 Å². The van der Waals surface area contributed by atoms with Crippen molar-refractivity contribution in [3.63, 3.8) is 0 Å². The number of hydrogen-bond acceptors (Lipinski definition) is 3. The standard InChI is InChI=1S/C15H13FN2O3/c16-12-5-6-13(17-9-12)15(21)18-8-11-4-2-1-3-10(11)7-14(19)20/h1-6,9H,7-8H2,(H,18,21)(H,19,20). The molecule has 2 N–H and O–H groups in total. The smallest absolute Gasteiger partial charge is 0.307 e. The van der Waals surface area contributed by atoms with E-state index in [1.165, 1.54) is 6.07 Å². The van der Waals surface area contributed by atoms with Gasteiger partial charge in [-0.3, -0.25) is 9.59 Å². The number of hydrogen-bond donors (Lipinski definition) is 2. The lowest BCUT2D eigenvalue weighted by atomic mass is 10.0. The first kappa shape index (κ1) is 14.6. The molecule has 2 aromatic rings. The molecule has 0 spiro atoms. The van der Waals surface area contributed by atoms with E-state index in [4.69, 9.17) is 5.11 Å². The zero-order valence-corrected chi connectivity index (χ0v) is 11.0. The Labute approximate surface area is 120 Å². The highest BCUT2D eigenvalue weighted by Crippen LogP contribution is 2.10. The highest BCUT2D eigenvalue weighted by atomic mass is 19.1. The lowest BCUT2D eigenvalue weighted by Gasteiger charge is -2.09. The van der Waals surface area contributed by atoms with Gasteiger partial charge in [0.05, 0.1) is 12.6 Å². The Morgan fingerprint density at radius 1 is 1.14 bits per heavy atom. The van der Waals surface area contributed by atoms with Crippen LogP contribution >= 0.6 is 0 Å². The Kier molecular flexibility index (Phi) is 4.61. The van der Waals surface area contributed by atoms with Crippen molar-refractivity contribution < 1.29 is 19.1 Å². The SMILES string of the molecule is O=C(O)Cc1ccccc1CNC(=O)c1ccc(F)cn1. The van der Waals surface area contributed by atoms with Crippen LogP contribution in [0.5, 0.6) is 0 Å². The average Bonchev–Trinajstić information content (AvgIpc) is 2.46. The van der Waals surface area contributed by atoms with Crippen molar-refractivity contribution in [1.29, 1.82) is 0 Å². The second-order valence-corrected chi connectivity index (χ2v) is 4.38. The molecule has 1 amide bonds. The summed E-state index contributed by atoms with van der Waals surface area (Å²) in [5.74, 6) is -1.90. The summed E-state index contributed by atoms with van der Waals surface area (Å²) in [4.78, 5) is 26.3. The maximum absolute atomic E-state index is 12.7. The van der Waals surface area contributed by atoms with Gasteiger partial charge in [0.1, 0.15) is 11.5 Å². The normalized spacial score (nSPS) is 10.1. The second-order valence-electron chi connectivity index (χ2n) is 4.38. The van der Waals surface area contributed by atoms with Crippen molar-refractivity contribution in [3.05, 3.63) is 65.2 Å². The van der Waals surface area contributed by atoms with E-state index in [2.05, 4.69) is 10.3 Å². The molecule has 0 aliphatic rings. The van der Waals surface area contributed by atoms with Crippen LogP contribution in [0, 0.1) is 5.82 Å². The number of carboxylic acid groups (broad SMARTS) is 1. The Hall–Kier alpha value is -2.76. The Morgan fingerprint density at radius 3 is 2.48 bits per heavy atom. The van der Waals surface area contributed by atoms with Crippen molar-refractivity contribution in [1.82, 2.24) is 10.3 Å². The summed E-state index contributed by atoms with van der Waals surface area (Å²) in [7, 11) is 0. The van der Waals surface area contributed by atoms with Gasteiger partial charge in [-0.15, -0.1) is 0 Å². The molecule has 2 rings (SSSR count). The minimum Gasteiger partial charge on any atom is -0.481 e. The molecule has 6 heteroatoms. The van der Waals surface area contributed by atoms with Gasteiger partial charge in [-0.1, -0.05) is 24.3 Å². The van der Waals surface area contributed by atoms with E-state index in [0.29, 0.717) is 5.56 Å². The zero-order valence-electron chi connectivity index (χ0n) is 11.0. The minimum atomic E-state index is -0.936. The largest absolute Gasteiger partial charge is 0.481 e. The van der Waals surface area contributed by atoms with E-state index in [0.717, 1.165) is 17.8 Å². The molecular weight excluding hydrogens is 275 g/mol. The van der Waals surface area contributed by atoms with Crippen LogP contribution in [0.4, 0.5) is 4.39 Å². The van der Waals surface area contributed by atoms with E-state index in [1.807, 2.05) is 0 Å². The molecule has 0 aliphatic carbocycles. The number of halogens is 1. The van der Waals surface area contributed by atoms with Crippen molar-refractivity contribution in [2.24, 2.45) is 0 Å². The summed E-state index contributed by atoms with van der Waals surface area (Å²) in [6.07, 6.45) is 0.855. The quantitative estimate of drug-likeness (QED) is 0.879. The van der Waals surface area contributed by atoms with Crippen LogP contribution < -0.4 is 5.32 Å². The number of benzene rings is 1. The molecule has 0 aliphatic heterocycles. The number of amides is 1. The van der Waals surface area contributed by atoms with Gasteiger partial charge in [0.2, 0.25) is 0 Å². The number of pyridine rings is 1. The van der Waals surface area contributed by atoms with E-state index >= 15 is 0 Å². The number of carbonyl (C=O) groups is 2. The van der Waals surface area contributed by atoms with Crippen LogP contribution in [0.15, 0.2) is 42.6 Å². The lowest BCUT2D eigenvalue weighted by Crippen LogP contribution is -2.24. The van der Waals surface area contributed by atoms with Gasteiger partial charge >= 0.3 is 5.97 Å². The summed E-state index contributed by atoms with van der Waals surface area (Å²) in [5, 5.41) is 11.5. The predicted octanol–water partition coefficient (Wildman–Crippen LogP) is 1.78. The molecule has 0 unspecified atom stereocenters. The number of nitrogens with one attached hydrogen (secondary N) is 1. The third-order valence-electron chi connectivity index (χ3n) is 2.86. The van der Waals surface area contributed by atoms with Gasteiger partial charge in [0.25, 0.3) is 5.91 Å². The molecule has 0 saturated carbocycles. The van der Waals surface area contributed by atoms with Gasteiger partial charge in [0.15, 0.2) is 0 Å². The highest BCUT2D eigenvalue weighted by Gasteiger charge is 2.10. The number of nitrogens with zero attached hydrogens (tertiary/aromatic N) is 1. The summed E-state index contributed by atoms with van der Waals surface area (Å²) in [5.41, 5.74) is 1.46. The first-order valence-corrected chi connectivity index (χ1v) is 6.24. The summed E-state index contributed by atoms with van der Waals surface area (Å²) < 4.78 is 12.7. The van der Waals surface area contributed by atoms with Gasteiger partial charge in [-0.05, 0) is 23.3 Å². The Bertz CT molecular complexity index is 656. The fourth-order valence-corrected chi connectivity index (χ4v) is 1.84. The maximum atomic E-state index is 12.7. The molecule has 21 heavy (non-hydrogen) atoms. The molecular formula is C15H13FN2O3. The fraction of sp³-hybridized carbons (Fsp3) is 0.133. The zero-order chi connectivity index (χ0) is 15.2. The van der Waals surface area contributed by atoms with Gasteiger partial charge in [-0.2, -0.15) is 0 Å². The average molecular weight is 288 g/mol. The highest BCUT2D eigenvalue weighted by molar-refractivity contribution is 5.92. The maximum Gasteiger partial charge on any atom is 0.307 e. The summed E-state index contributed by atoms with van der Waals surface area (Å²) >= 11 is 0. The number of aliphatic carboxylic acids is 1. The fourth-order valence-electron chi connectivity index (χ4n) is 1.84. The predicted molar refractivity (Wildman–Crippen MR) is 73.1 cm³/mol. The molecule has 0 bridgehead atoms. The van der Waals surface area contributed by atoms with Gasteiger partial charge < -0.3 is 10.4 Å². The van der Waals surface area contributed by atoms with Crippen molar-refractivity contribution in [2.75, 3.05) is 0 Å². The molecule has 5 nitrogen and oxygen atoms in total. The second kappa shape index (κ2) is 6.60. The monoisotopic (exact) mass is 288 g/mol. The molecule has 0 radical (unpaired) electrons. The Balaban J connectivity index is 2.04. The third-order valence-corrected chi connectivity index (χ3v) is 2.86. The van der Waals surface area contributed by atoms with Crippen molar-refractivity contribution in [3.8, 4) is 0 Å². The van der Waals surface area contributed by atoms with Crippen LogP contribution in [0.25, 0.3) is 0 Å². The van der Waals surface area contributed by atoms with Crippen LogP contribution in [0.1, 0.15) is 21.6 Å². The Morgan fingerprint density at radius 2 is 1.86 bits per heavy atom. The molecule has 1 heterocycles. The van der Waals surface area contributed by atoms with Gasteiger partial charge in [-0.25, -0.2) is 9.37 Å². The van der Waals surface area contributed by atoms with Crippen LogP contribution in [-0.4, -0.2) is 22.0 Å². The van der Waals surface area contributed by atoms with Crippen molar-refractivity contribution >= 4 is 11.9 Å². The molecule has 108 valence electrons. The molecule has 0 atom stereocenters. The van der Waals surface area contributed by atoms with Crippen LogP contribution in [0.3, 0.4) is 0 Å². The number of carboxylic acids is 1. The number of aromatic nitrogens is 1. The molecule has 0 fully saturated rings. The molecule has 1 aromatic carbocycles. The first-order valence-electron chi connectivity index (χ1n) is 6.24. The van der Waals surface area contributed by atoms with Gasteiger partial charge in [0, 0.05) is 6.54 Å². The van der Waals surface area contributed by atoms with E-state index < -0.39 is 17.7 Å². The van der Waals surface area contributed by atoms with Crippen molar-refractivity contribution in [2.45, 2.75) is 13.0 Å². The number of carbonyl (C=O) groups excluding carboxylic acids is 1. The van der Waals surface area contributed by atoms with E-state index in [1.54, 1.807) is 24.3 Å². The van der Waals surface area contributed by atoms with Crippen LogP contribution in [0.2, 0.25) is 0 Å².